The maximum Gasteiger partial charge on any atom is 0.0220 e. The normalized spacial score (nSPS) is 17.5. The maximum atomic E-state index is 3.67. The van der Waals surface area contributed by atoms with Crippen molar-refractivity contribution in [2.75, 3.05) is 26.2 Å². The maximum absolute atomic E-state index is 3.67. The lowest BCUT2D eigenvalue weighted by Gasteiger charge is -2.31. The zero-order chi connectivity index (χ0) is 15.1. The second-order valence-electron chi connectivity index (χ2n) is 6.80. The first-order valence-electron chi connectivity index (χ1n) is 8.72. The minimum atomic E-state index is 0.697. The van der Waals surface area contributed by atoms with E-state index in [1.807, 2.05) is 0 Å². The Hall–Kier alpha value is -0.860. The highest BCUT2D eigenvalue weighted by atomic mass is 15.2. The van der Waals surface area contributed by atoms with Crippen molar-refractivity contribution in [1.29, 1.82) is 0 Å². The van der Waals surface area contributed by atoms with E-state index in [9.17, 15) is 0 Å². The third-order valence-corrected chi connectivity index (χ3v) is 4.53. The van der Waals surface area contributed by atoms with E-state index in [0.717, 1.165) is 19.0 Å². The van der Waals surface area contributed by atoms with E-state index in [2.05, 4.69) is 55.3 Å². The molecule has 1 unspecified atom stereocenters. The fourth-order valence-corrected chi connectivity index (χ4v) is 3.34. The summed E-state index contributed by atoms with van der Waals surface area (Å²) in [6.07, 6.45) is 5.00. The van der Waals surface area contributed by atoms with Gasteiger partial charge in [0, 0.05) is 25.7 Å². The van der Waals surface area contributed by atoms with Crippen LogP contribution in [0.3, 0.4) is 0 Å². The predicted octanol–water partition coefficient (Wildman–Crippen LogP) is 3.50. The minimum absolute atomic E-state index is 0.697. The highest BCUT2D eigenvalue weighted by Crippen LogP contribution is 2.18. The van der Waals surface area contributed by atoms with Crippen LogP contribution >= 0.6 is 0 Å². The summed E-state index contributed by atoms with van der Waals surface area (Å²) >= 11 is 0. The van der Waals surface area contributed by atoms with Gasteiger partial charge in [0.25, 0.3) is 0 Å². The first kappa shape index (κ1) is 16.5. The van der Waals surface area contributed by atoms with Gasteiger partial charge in [0.2, 0.25) is 0 Å². The van der Waals surface area contributed by atoms with Crippen LogP contribution in [-0.2, 0) is 12.8 Å². The van der Waals surface area contributed by atoms with Crippen LogP contribution in [-0.4, -0.2) is 37.1 Å². The molecule has 118 valence electrons. The summed E-state index contributed by atoms with van der Waals surface area (Å²) in [7, 11) is 0. The second-order valence-corrected chi connectivity index (χ2v) is 6.80. The number of rotatable bonds is 7. The number of nitrogens with zero attached hydrogens (tertiary/aromatic N) is 1. The van der Waals surface area contributed by atoms with Crippen LogP contribution in [0.25, 0.3) is 0 Å². The summed E-state index contributed by atoms with van der Waals surface area (Å²) in [5.41, 5.74) is 3.12. The lowest BCUT2D eigenvalue weighted by atomic mass is 10.0. The van der Waals surface area contributed by atoms with Crippen molar-refractivity contribution in [3.05, 3.63) is 35.4 Å². The summed E-state index contributed by atoms with van der Waals surface area (Å²) in [5, 5.41) is 3.67. The van der Waals surface area contributed by atoms with Gasteiger partial charge >= 0.3 is 0 Å². The molecule has 1 heterocycles. The summed E-state index contributed by atoms with van der Waals surface area (Å²) < 4.78 is 0. The Kier molecular flexibility index (Phi) is 6.72. The Morgan fingerprint density at radius 2 is 1.67 bits per heavy atom. The van der Waals surface area contributed by atoms with Gasteiger partial charge in [-0.05, 0) is 42.9 Å². The van der Waals surface area contributed by atoms with Gasteiger partial charge < -0.3 is 5.32 Å². The number of benzene rings is 1. The molecule has 2 rings (SSSR count). The van der Waals surface area contributed by atoms with Gasteiger partial charge in [0.1, 0.15) is 0 Å². The molecule has 2 heteroatoms. The first-order chi connectivity index (χ1) is 10.2. The molecule has 21 heavy (non-hydrogen) atoms. The van der Waals surface area contributed by atoms with Crippen LogP contribution in [0.5, 0.6) is 0 Å². The SMILES string of the molecule is CCCC(CNCC(C)C)N1CCc2ccccc2CC1. The van der Waals surface area contributed by atoms with E-state index in [-0.39, 0.29) is 0 Å². The lowest BCUT2D eigenvalue weighted by Crippen LogP contribution is -2.44. The third kappa shape index (κ3) is 5.12. The number of fused-ring (bicyclic) bond motifs is 1. The molecule has 0 saturated heterocycles. The van der Waals surface area contributed by atoms with E-state index in [4.69, 9.17) is 0 Å². The molecule has 0 saturated carbocycles. The quantitative estimate of drug-likeness (QED) is 0.826. The number of nitrogens with one attached hydrogen (secondary N) is 1. The number of hydrogen-bond acceptors (Lipinski definition) is 2. The fourth-order valence-electron chi connectivity index (χ4n) is 3.34. The van der Waals surface area contributed by atoms with E-state index in [1.165, 1.54) is 38.8 Å². The van der Waals surface area contributed by atoms with Crippen molar-refractivity contribution < 1.29 is 0 Å². The molecular formula is C19H32N2. The molecule has 0 fully saturated rings. The van der Waals surface area contributed by atoms with Gasteiger partial charge in [-0.2, -0.15) is 0 Å². The monoisotopic (exact) mass is 288 g/mol. The van der Waals surface area contributed by atoms with Gasteiger partial charge in [-0.15, -0.1) is 0 Å². The second kappa shape index (κ2) is 8.55. The average Bonchev–Trinajstić information content (AvgIpc) is 2.68. The molecule has 1 aliphatic heterocycles. The Labute approximate surface area is 130 Å². The van der Waals surface area contributed by atoms with Crippen molar-refractivity contribution in [3.8, 4) is 0 Å². The lowest BCUT2D eigenvalue weighted by molar-refractivity contribution is 0.188. The molecule has 0 aliphatic carbocycles. The van der Waals surface area contributed by atoms with Crippen LogP contribution in [0, 0.1) is 5.92 Å². The summed E-state index contributed by atoms with van der Waals surface area (Å²) in [6, 6.07) is 9.68. The van der Waals surface area contributed by atoms with E-state index < -0.39 is 0 Å². The molecule has 1 aromatic carbocycles. The van der Waals surface area contributed by atoms with E-state index in [0.29, 0.717) is 6.04 Å². The molecule has 0 spiro atoms. The van der Waals surface area contributed by atoms with Gasteiger partial charge in [-0.3, -0.25) is 4.90 Å². The number of hydrogen-bond donors (Lipinski definition) is 1. The summed E-state index contributed by atoms with van der Waals surface area (Å²) in [6.45, 7) is 11.6. The smallest absolute Gasteiger partial charge is 0.0220 e. The molecular weight excluding hydrogens is 256 g/mol. The Morgan fingerprint density at radius 1 is 1.05 bits per heavy atom. The molecule has 1 aliphatic rings. The van der Waals surface area contributed by atoms with Crippen molar-refractivity contribution in [2.45, 2.75) is 52.5 Å². The highest BCUT2D eigenvalue weighted by molar-refractivity contribution is 5.28. The summed E-state index contributed by atoms with van der Waals surface area (Å²) in [5.74, 6) is 0.737. The van der Waals surface area contributed by atoms with Gasteiger partial charge in [0.05, 0.1) is 0 Å². The van der Waals surface area contributed by atoms with Gasteiger partial charge in [0.15, 0.2) is 0 Å². The molecule has 0 bridgehead atoms. The van der Waals surface area contributed by atoms with Crippen molar-refractivity contribution >= 4 is 0 Å². The predicted molar refractivity (Wildman–Crippen MR) is 91.8 cm³/mol. The van der Waals surface area contributed by atoms with E-state index in [1.54, 1.807) is 11.1 Å². The largest absolute Gasteiger partial charge is 0.315 e. The molecule has 0 aromatic heterocycles. The first-order valence-corrected chi connectivity index (χ1v) is 8.72. The van der Waals surface area contributed by atoms with Crippen molar-refractivity contribution in [1.82, 2.24) is 10.2 Å². The molecule has 0 amide bonds. The summed E-state index contributed by atoms with van der Waals surface area (Å²) in [4.78, 5) is 2.72. The zero-order valence-electron chi connectivity index (χ0n) is 14.1. The Morgan fingerprint density at radius 3 is 2.19 bits per heavy atom. The van der Waals surface area contributed by atoms with Crippen LogP contribution in [0.2, 0.25) is 0 Å². The molecule has 2 nitrogen and oxygen atoms in total. The van der Waals surface area contributed by atoms with Crippen LogP contribution in [0.4, 0.5) is 0 Å². The zero-order valence-corrected chi connectivity index (χ0v) is 14.1. The Bertz CT molecular complexity index is 387. The van der Waals surface area contributed by atoms with Crippen LogP contribution < -0.4 is 5.32 Å². The van der Waals surface area contributed by atoms with Crippen LogP contribution in [0.1, 0.15) is 44.7 Å². The molecule has 1 atom stereocenters. The fraction of sp³-hybridized carbons (Fsp3) is 0.684. The van der Waals surface area contributed by atoms with Crippen molar-refractivity contribution in [2.24, 2.45) is 5.92 Å². The van der Waals surface area contributed by atoms with Gasteiger partial charge in [-0.1, -0.05) is 51.5 Å². The average molecular weight is 288 g/mol. The minimum Gasteiger partial charge on any atom is -0.315 e. The molecule has 0 radical (unpaired) electrons. The van der Waals surface area contributed by atoms with Crippen molar-refractivity contribution in [3.63, 3.8) is 0 Å². The Balaban J connectivity index is 1.92. The highest BCUT2D eigenvalue weighted by Gasteiger charge is 2.20. The topological polar surface area (TPSA) is 15.3 Å². The standard InChI is InChI=1S/C19H32N2/c1-4-7-19(15-20-14-16(2)3)21-12-10-17-8-5-6-9-18(17)11-13-21/h5-6,8-9,16,19-20H,4,7,10-15H2,1-3H3. The van der Waals surface area contributed by atoms with Crippen LogP contribution in [0.15, 0.2) is 24.3 Å². The molecule has 1 N–H and O–H groups in total. The molecule has 1 aromatic rings. The third-order valence-electron chi connectivity index (χ3n) is 4.53. The van der Waals surface area contributed by atoms with Gasteiger partial charge in [-0.25, -0.2) is 0 Å². The van der Waals surface area contributed by atoms with E-state index >= 15 is 0 Å².